The van der Waals surface area contributed by atoms with Crippen LogP contribution in [0.15, 0.2) is 54.6 Å². The van der Waals surface area contributed by atoms with E-state index in [0.717, 1.165) is 17.7 Å². The molecule has 0 aliphatic rings. The van der Waals surface area contributed by atoms with Crippen molar-refractivity contribution < 1.29 is 13.2 Å². The lowest BCUT2D eigenvalue weighted by Crippen LogP contribution is -2.05. The zero-order valence-electron chi connectivity index (χ0n) is 10.5. The molecule has 0 radical (unpaired) electrons. The molecule has 2 rings (SSSR count). The van der Waals surface area contributed by atoms with E-state index in [9.17, 15) is 13.2 Å². The highest BCUT2D eigenvalue weighted by Crippen LogP contribution is 2.32. The molecule has 2 aromatic rings. The lowest BCUT2D eigenvalue weighted by molar-refractivity contribution is -0.137. The van der Waals surface area contributed by atoms with Gasteiger partial charge in [0, 0.05) is 5.02 Å². The highest BCUT2D eigenvalue weighted by molar-refractivity contribution is 6.31. The second-order valence-electron chi connectivity index (χ2n) is 4.32. The van der Waals surface area contributed by atoms with Gasteiger partial charge in [0.05, 0.1) is 5.56 Å². The molecular formula is C16H12ClF3. The second kappa shape index (κ2) is 6.14. The van der Waals surface area contributed by atoms with Crippen molar-refractivity contribution in [3.63, 3.8) is 0 Å². The van der Waals surface area contributed by atoms with Crippen molar-refractivity contribution in [3.8, 4) is 0 Å². The maximum absolute atomic E-state index is 12.6. The third kappa shape index (κ3) is 3.87. The summed E-state index contributed by atoms with van der Waals surface area (Å²) in [5.41, 5.74) is 0.786. The van der Waals surface area contributed by atoms with Crippen molar-refractivity contribution in [2.45, 2.75) is 12.6 Å². The minimum Gasteiger partial charge on any atom is -0.166 e. The van der Waals surface area contributed by atoms with E-state index in [-0.39, 0.29) is 0 Å². The predicted molar refractivity (Wildman–Crippen MR) is 75.6 cm³/mol. The highest BCUT2D eigenvalue weighted by atomic mass is 35.5. The molecule has 20 heavy (non-hydrogen) atoms. The summed E-state index contributed by atoms with van der Waals surface area (Å²) >= 11 is 5.93. The third-order valence-corrected chi connectivity index (χ3v) is 3.19. The van der Waals surface area contributed by atoms with Gasteiger partial charge < -0.3 is 0 Å². The lowest BCUT2D eigenvalue weighted by Gasteiger charge is -2.09. The molecule has 0 spiro atoms. The van der Waals surface area contributed by atoms with Crippen molar-refractivity contribution in [2.75, 3.05) is 0 Å². The van der Waals surface area contributed by atoms with Crippen LogP contribution in [0.5, 0.6) is 0 Å². The van der Waals surface area contributed by atoms with Crippen LogP contribution in [-0.4, -0.2) is 0 Å². The Hall–Kier alpha value is -1.74. The molecule has 0 atom stereocenters. The first-order valence-electron chi connectivity index (χ1n) is 6.04. The summed E-state index contributed by atoms with van der Waals surface area (Å²) in [6.45, 7) is 0. The molecule has 4 heteroatoms. The highest BCUT2D eigenvalue weighted by Gasteiger charge is 2.30. The molecule has 0 aliphatic heterocycles. The predicted octanol–water partition coefficient (Wildman–Crippen LogP) is 5.61. The number of allylic oxidation sites excluding steroid dienone is 1. The zero-order valence-corrected chi connectivity index (χ0v) is 11.2. The van der Waals surface area contributed by atoms with Gasteiger partial charge >= 0.3 is 6.18 Å². The summed E-state index contributed by atoms with van der Waals surface area (Å²) in [6, 6.07) is 12.9. The fourth-order valence-electron chi connectivity index (χ4n) is 1.79. The van der Waals surface area contributed by atoms with E-state index in [1.165, 1.54) is 6.07 Å². The van der Waals surface area contributed by atoms with E-state index in [1.807, 2.05) is 36.4 Å². The molecule has 0 heterocycles. The number of benzene rings is 2. The van der Waals surface area contributed by atoms with Crippen LogP contribution < -0.4 is 0 Å². The largest absolute Gasteiger partial charge is 0.416 e. The maximum atomic E-state index is 12.6. The van der Waals surface area contributed by atoms with Gasteiger partial charge in [-0.1, -0.05) is 54.1 Å². The van der Waals surface area contributed by atoms with E-state index in [0.29, 0.717) is 17.0 Å². The van der Waals surface area contributed by atoms with Gasteiger partial charge in [0.15, 0.2) is 0 Å². The van der Waals surface area contributed by atoms with E-state index < -0.39 is 11.7 Å². The Bertz CT molecular complexity index is 601. The number of alkyl halides is 3. The first-order chi connectivity index (χ1) is 9.47. The Kier molecular flexibility index (Phi) is 4.50. The van der Waals surface area contributed by atoms with Gasteiger partial charge in [-0.25, -0.2) is 0 Å². The smallest absolute Gasteiger partial charge is 0.166 e. The van der Waals surface area contributed by atoms with Crippen LogP contribution in [0, 0.1) is 0 Å². The number of halogens is 4. The minimum absolute atomic E-state index is 0.343. The van der Waals surface area contributed by atoms with E-state index in [1.54, 1.807) is 6.08 Å². The zero-order chi connectivity index (χ0) is 14.6. The van der Waals surface area contributed by atoms with Crippen molar-refractivity contribution in [1.82, 2.24) is 0 Å². The molecule has 0 N–H and O–H groups in total. The fourth-order valence-corrected chi connectivity index (χ4v) is 1.99. The number of hydrogen-bond acceptors (Lipinski definition) is 0. The number of hydrogen-bond donors (Lipinski definition) is 0. The third-order valence-electron chi connectivity index (χ3n) is 2.82. The number of rotatable bonds is 3. The first-order valence-corrected chi connectivity index (χ1v) is 6.42. The Morgan fingerprint density at radius 1 is 1.00 bits per heavy atom. The van der Waals surface area contributed by atoms with Crippen molar-refractivity contribution in [2.24, 2.45) is 0 Å². The van der Waals surface area contributed by atoms with Gasteiger partial charge in [0.2, 0.25) is 0 Å². The monoisotopic (exact) mass is 296 g/mol. The molecule has 2 aromatic carbocycles. The van der Waals surface area contributed by atoms with E-state index >= 15 is 0 Å². The van der Waals surface area contributed by atoms with E-state index in [2.05, 4.69) is 0 Å². The normalized spacial score (nSPS) is 12.0. The summed E-state index contributed by atoms with van der Waals surface area (Å²) in [6.07, 6.45) is -0.326. The van der Waals surface area contributed by atoms with Gasteiger partial charge in [0.1, 0.15) is 0 Å². The summed E-state index contributed by atoms with van der Waals surface area (Å²) in [7, 11) is 0. The standard InChI is InChI=1S/C16H12ClF3/c17-15-10-9-14(16(18,19)20)11-13(15)8-4-7-12-5-2-1-3-6-12/h1-7,9-11H,8H2/b7-4+. The molecule has 104 valence electrons. The van der Waals surface area contributed by atoms with Crippen molar-refractivity contribution in [1.29, 1.82) is 0 Å². The van der Waals surface area contributed by atoms with Crippen LogP contribution in [0.4, 0.5) is 13.2 Å². The van der Waals surface area contributed by atoms with Crippen LogP contribution in [0.3, 0.4) is 0 Å². The van der Waals surface area contributed by atoms with Gasteiger partial charge in [-0.3, -0.25) is 0 Å². The Morgan fingerprint density at radius 3 is 2.35 bits per heavy atom. The molecule has 0 aliphatic carbocycles. The Labute approximate surface area is 120 Å². The molecule has 0 unspecified atom stereocenters. The summed E-state index contributed by atoms with van der Waals surface area (Å²) in [5.74, 6) is 0. The SMILES string of the molecule is FC(F)(F)c1ccc(Cl)c(C/C=C/c2ccccc2)c1. The Morgan fingerprint density at radius 2 is 1.70 bits per heavy atom. The van der Waals surface area contributed by atoms with Crippen molar-refractivity contribution >= 4 is 17.7 Å². The van der Waals surface area contributed by atoms with Crippen LogP contribution >= 0.6 is 11.6 Å². The van der Waals surface area contributed by atoms with Crippen LogP contribution in [-0.2, 0) is 12.6 Å². The van der Waals surface area contributed by atoms with Gasteiger partial charge in [-0.15, -0.1) is 0 Å². The lowest BCUT2D eigenvalue weighted by atomic mass is 10.1. The summed E-state index contributed by atoms with van der Waals surface area (Å²) in [4.78, 5) is 0. The van der Waals surface area contributed by atoms with Gasteiger partial charge in [-0.05, 0) is 35.7 Å². The van der Waals surface area contributed by atoms with Crippen LogP contribution in [0.1, 0.15) is 16.7 Å². The average Bonchev–Trinajstić information content (AvgIpc) is 2.41. The fraction of sp³-hybridized carbons (Fsp3) is 0.125. The molecule has 0 amide bonds. The molecule has 0 bridgehead atoms. The average molecular weight is 297 g/mol. The summed E-state index contributed by atoms with van der Waals surface area (Å²) in [5, 5.41) is 0.343. The first kappa shape index (κ1) is 14.7. The maximum Gasteiger partial charge on any atom is 0.416 e. The minimum atomic E-state index is -4.34. The molecule has 0 saturated carbocycles. The second-order valence-corrected chi connectivity index (χ2v) is 4.73. The molecule has 0 fully saturated rings. The van der Waals surface area contributed by atoms with Crippen LogP contribution in [0.25, 0.3) is 6.08 Å². The van der Waals surface area contributed by atoms with Gasteiger partial charge in [-0.2, -0.15) is 13.2 Å². The van der Waals surface area contributed by atoms with Crippen LogP contribution in [0.2, 0.25) is 5.02 Å². The molecule has 0 aromatic heterocycles. The molecule has 0 saturated heterocycles. The van der Waals surface area contributed by atoms with E-state index in [4.69, 9.17) is 11.6 Å². The quantitative estimate of drug-likeness (QED) is 0.690. The molecular weight excluding hydrogens is 285 g/mol. The topological polar surface area (TPSA) is 0 Å². The van der Waals surface area contributed by atoms with Crippen molar-refractivity contribution in [3.05, 3.63) is 76.3 Å². The van der Waals surface area contributed by atoms with Gasteiger partial charge in [0.25, 0.3) is 0 Å². The molecule has 0 nitrogen and oxygen atoms in total. The summed E-state index contributed by atoms with van der Waals surface area (Å²) < 4.78 is 37.9. The Balaban J connectivity index is 2.15.